The highest BCUT2D eigenvalue weighted by Gasteiger charge is 2.26. The van der Waals surface area contributed by atoms with Gasteiger partial charge in [0.15, 0.2) is 0 Å². The zero-order valence-corrected chi connectivity index (χ0v) is 12.2. The van der Waals surface area contributed by atoms with Gasteiger partial charge in [0.2, 0.25) is 0 Å². The molecule has 102 valence electrons. The van der Waals surface area contributed by atoms with Crippen LogP contribution >= 0.6 is 12.2 Å². The Hall–Kier alpha value is -1.94. The van der Waals surface area contributed by atoms with Gasteiger partial charge in [0.05, 0.1) is 5.56 Å². The van der Waals surface area contributed by atoms with Gasteiger partial charge in [0, 0.05) is 17.9 Å². The first-order valence-electron chi connectivity index (χ1n) is 6.80. The summed E-state index contributed by atoms with van der Waals surface area (Å²) in [6.45, 7) is 2.22. The fourth-order valence-electron chi connectivity index (χ4n) is 2.79. The van der Waals surface area contributed by atoms with Crippen LogP contribution in [0.25, 0.3) is 0 Å². The molecule has 1 aromatic heterocycles. The highest BCUT2D eigenvalue weighted by atomic mass is 32.1. The summed E-state index contributed by atoms with van der Waals surface area (Å²) in [7, 11) is 0. The number of fused-ring (bicyclic) bond motifs is 1. The molecule has 0 bridgehead atoms. The summed E-state index contributed by atoms with van der Waals surface area (Å²) < 4.78 is 0. The molecule has 2 heterocycles. The minimum atomic E-state index is 0.382. The van der Waals surface area contributed by atoms with Crippen molar-refractivity contribution in [2.45, 2.75) is 25.8 Å². The second-order valence-electron chi connectivity index (χ2n) is 5.13. The molecular weight excluding hydrogens is 266 g/mol. The van der Waals surface area contributed by atoms with Crippen LogP contribution in [0.3, 0.4) is 0 Å². The second-order valence-corrected chi connectivity index (χ2v) is 5.57. The molecule has 0 aliphatic carbocycles. The van der Waals surface area contributed by atoms with Gasteiger partial charge in [-0.05, 0) is 43.5 Å². The summed E-state index contributed by atoms with van der Waals surface area (Å²) >= 11 is 5.17. The van der Waals surface area contributed by atoms with Crippen molar-refractivity contribution in [2.75, 3.05) is 4.90 Å². The molecule has 1 aromatic carbocycles. The molecule has 0 amide bonds. The van der Waals surface area contributed by atoms with E-state index >= 15 is 0 Å². The maximum Gasteiger partial charge on any atom is 0.143 e. The average molecular weight is 283 g/mol. The number of pyridine rings is 1. The van der Waals surface area contributed by atoms with Crippen molar-refractivity contribution >= 4 is 28.7 Å². The smallest absolute Gasteiger partial charge is 0.143 e. The molecule has 1 atom stereocenters. The molecular formula is C16H17N3S. The van der Waals surface area contributed by atoms with Crippen molar-refractivity contribution < 1.29 is 0 Å². The van der Waals surface area contributed by atoms with Gasteiger partial charge in [0.25, 0.3) is 0 Å². The van der Waals surface area contributed by atoms with Gasteiger partial charge in [0.1, 0.15) is 10.8 Å². The number of nitrogens with two attached hydrogens (primary N) is 1. The van der Waals surface area contributed by atoms with E-state index in [0.717, 1.165) is 24.2 Å². The number of para-hydroxylation sites is 1. The maximum atomic E-state index is 5.85. The monoisotopic (exact) mass is 283 g/mol. The summed E-state index contributed by atoms with van der Waals surface area (Å²) in [6, 6.07) is 12.7. The van der Waals surface area contributed by atoms with E-state index in [1.165, 1.54) is 11.3 Å². The summed E-state index contributed by atoms with van der Waals surface area (Å²) in [5.74, 6) is 0.861. The quantitative estimate of drug-likeness (QED) is 0.860. The topological polar surface area (TPSA) is 42.2 Å². The Kier molecular flexibility index (Phi) is 3.40. The SMILES string of the molecule is CC1CCc2ccccc2N1c1ncccc1C(N)=S. The first-order valence-corrected chi connectivity index (χ1v) is 7.21. The molecule has 4 heteroatoms. The predicted molar refractivity (Wildman–Crippen MR) is 86.5 cm³/mol. The van der Waals surface area contributed by atoms with Gasteiger partial charge in [-0.15, -0.1) is 0 Å². The van der Waals surface area contributed by atoms with Crippen LogP contribution in [0.2, 0.25) is 0 Å². The lowest BCUT2D eigenvalue weighted by Gasteiger charge is -2.37. The van der Waals surface area contributed by atoms with Crippen LogP contribution in [0.5, 0.6) is 0 Å². The first-order chi connectivity index (χ1) is 9.68. The fraction of sp³-hybridized carbons (Fsp3) is 0.250. The van der Waals surface area contributed by atoms with Crippen LogP contribution in [-0.2, 0) is 6.42 Å². The van der Waals surface area contributed by atoms with Crippen molar-refractivity contribution in [1.82, 2.24) is 4.98 Å². The number of benzene rings is 1. The third-order valence-electron chi connectivity index (χ3n) is 3.80. The van der Waals surface area contributed by atoms with Gasteiger partial charge in [-0.25, -0.2) is 4.98 Å². The predicted octanol–water partition coefficient (Wildman–Crippen LogP) is 3.19. The number of hydrogen-bond donors (Lipinski definition) is 1. The Labute approximate surface area is 124 Å². The molecule has 2 aromatic rings. The molecule has 0 saturated heterocycles. The minimum absolute atomic E-state index is 0.382. The van der Waals surface area contributed by atoms with E-state index in [2.05, 4.69) is 41.1 Å². The molecule has 3 nitrogen and oxygen atoms in total. The van der Waals surface area contributed by atoms with Crippen molar-refractivity contribution in [3.8, 4) is 0 Å². The molecule has 3 rings (SSSR count). The molecule has 1 aliphatic rings. The Morgan fingerprint density at radius 2 is 2.10 bits per heavy atom. The van der Waals surface area contributed by atoms with Crippen LogP contribution in [0.4, 0.5) is 11.5 Å². The molecule has 2 N–H and O–H groups in total. The largest absolute Gasteiger partial charge is 0.389 e. The average Bonchev–Trinajstić information content (AvgIpc) is 2.47. The van der Waals surface area contributed by atoms with Crippen LogP contribution in [0, 0.1) is 0 Å². The van der Waals surface area contributed by atoms with Crippen molar-refractivity contribution in [1.29, 1.82) is 0 Å². The van der Waals surface area contributed by atoms with E-state index in [1.54, 1.807) is 6.20 Å². The van der Waals surface area contributed by atoms with Gasteiger partial charge < -0.3 is 10.6 Å². The van der Waals surface area contributed by atoms with Crippen LogP contribution in [-0.4, -0.2) is 16.0 Å². The minimum Gasteiger partial charge on any atom is -0.389 e. The highest BCUT2D eigenvalue weighted by molar-refractivity contribution is 7.80. The van der Waals surface area contributed by atoms with E-state index in [9.17, 15) is 0 Å². The van der Waals surface area contributed by atoms with E-state index in [-0.39, 0.29) is 0 Å². The molecule has 1 unspecified atom stereocenters. The summed E-state index contributed by atoms with van der Waals surface area (Å²) in [6.07, 6.45) is 3.99. The van der Waals surface area contributed by atoms with Gasteiger partial charge in [-0.1, -0.05) is 30.4 Å². The molecule has 0 spiro atoms. The number of thiocarbonyl (C=S) groups is 1. The van der Waals surface area contributed by atoms with Gasteiger partial charge in [-0.3, -0.25) is 0 Å². The zero-order chi connectivity index (χ0) is 14.1. The van der Waals surface area contributed by atoms with E-state index < -0.39 is 0 Å². The van der Waals surface area contributed by atoms with Gasteiger partial charge in [-0.2, -0.15) is 0 Å². The van der Waals surface area contributed by atoms with Crippen molar-refractivity contribution in [3.63, 3.8) is 0 Å². The molecule has 20 heavy (non-hydrogen) atoms. The fourth-order valence-corrected chi connectivity index (χ4v) is 2.95. The zero-order valence-electron chi connectivity index (χ0n) is 11.4. The molecule has 1 aliphatic heterocycles. The third-order valence-corrected chi connectivity index (χ3v) is 4.02. The number of aromatic nitrogens is 1. The lowest BCUT2D eigenvalue weighted by molar-refractivity contribution is 0.613. The number of aryl methyl sites for hydroxylation is 1. The molecule has 0 saturated carbocycles. The van der Waals surface area contributed by atoms with E-state index in [1.807, 2.05) is 12.1 Å². The first kappa shape index (κ1) is 13.1. The maximum absolute atomic E-state index is 5.85. The van der Waals surface area contributed by atoms with Crippen molar-refractivity contribution in [2.24, 2.45) is 5.73 Å². The number of nitrogens with zero attached hydrogens (tertiary/aromatic N) is 2. The summed E-state index contributed by atoms with van der Waals surface area (Å²) in [5, 5.41) is 0. The lowest BCUT2D eigenvalue weighted by Crippen LogP contribution is -2.35. The lowest BCUT2D eigenvalue weighted by atomic mass is 9.96. The second kappa shape index (κ2) is 5.21. The third kappa shape index (κ3) is 2.16. The highest BCUT2D eigenvalue weighted by Crippen LogP contribution is 2.36. The van der Waals surface area contributed by atoms with E-state index in [4.69, 9.17) is 18.0 Å². The number of anilines is 2. The molecule has 0 radical (unpaired) electrons. The van der Waals surface area contributed by atoms with Gasteiger partial charge >= 0.3 is 0 Å². The van der Waals surface area contributed by atoms with Crippen molar-refractivity contribution in [3.05, 3.63) is 53.7 Å². The standard InChI is InChI=1S/C16H17N3S/c1-11-8-9-12-5-2-3-7-14(12)19(11)16-13(15(17)20)6-4-10-18-16/h2-7,10-11H,8-9H2,1H3,(H2,17,20). The Morgan fingerprint density at radius 3 is 2.90 bits per heavy atom. The summed E-state index contributed by atoms with van der Waals surface area (Å²) in [4.78, 5) is 7.18. The Morgan fingerprint density at radius 1 is 1.30 bits per heavy atom. The van der Waals surface area contributed by atoms with E-state index in [0.29, 0.717) is 11.0 Å². The number of rotatable bonds is 2. The number of hydrogen-bond acceptors (Lipinski definition) is 3. The van der Waals surface area contributed by atoms with Crippen LogP contribution in [0.15, 0.2) is 42.6 Å². The normalized spacial score (nSPS) is 17.6. The Balaban J connectivity index is 2.17. The van der Waals surface area contributed by atoms with Crippen LogP contribution < -0.4 is 10.6 Å². The summed E-state index contributed by atoms with van der Waals surface area (Å²) in [5.41, 5.74) is 9.25. The molecule has 0 fully saturated rings. The van der Waals surface area contributed by atoms with Crippen LogP contribution in [0.1, 0.15) is 24.5 Å². The Bertz CT molecular complexity index is 654.